The summed E-state index contributed by atoms with van der Waals surface area (Å²) in [5.41, 5.74) is 0. The van der Waals surface area contributed by atoms with E-state index in [1.54, 1.807) is 0 Å². The van der Waals surface area contributed by atoms with E-state index in [4.69, 9.17) is 5.14 Å². The Labute approximate surface area is 128 Å². The summed E-state index contributed by atoms with van der Waals surface area (Å²) >= 11 is 0. The zero-order valence-corrected chi connectivity index (χ0v) is 12.9. The summed E-state index contributed by atoms with van der Waals surface area (Å²) in [6.45, 7) is 1.25. The molecule has 118 valence electrons. The third-order valence-electron chi connectivity index (χ3n) is 3.68. The molecule has 8 nitrogen and oxygen atoms in total. The van der Waals surface area contributed by atoms with E-state index in [9.17, 15) is 8.42 Å². The lowest BCUT2D eigenvalue weighted by molar-refractivity contribution is 0.597. The van der Waals surface area contributed by atoms with Gasteiger partial charge in [-0.15, -0.1) is 10.2 Å². The van der Waals surface area contributed by atoms with Crippen LogP contribution in [0.1, 0.15) is 30.9 Å². The van der Waals surface area contributed by atoms with Gasteiger partial charge in [0.15, 0.2) is 5.82 Å². The molecule has 0 fully saturated rings. The van der Waals surface area contributed by atoms with Crippen molar-refractivity contribution < 1.29 is 8.42 Å². The topological polar surface area (TPSA) is 116 Å². The van der Waals surface area contributed by atoms with E-state index < -0.39 is 10.0 Å². The second-order valence-corrected chi connectivity index (χ2v) is 6.77. The van der Waals surface area contributed by atoms with Crippen molar-refractivity contribution in [3.8, 4) is 0 Å². The number of nitrogens with zero attached hydrogens (tertiary/aromatic N) is 4. The van der Waals surface area contributed by atoms with Crippen molar-refractivity contribution in [3.05, 3.63) is 30.0 Å². The lowest BCUT2D eigenvalue weighted by atomic mass is 10.2. The second kappa shape index (κ2) is 6.01. The summed E-state index contributed by atoms with van der Waals surface area (Å²) in [6, 6.07) is 2.96. The molecule has 3 heterocycles. The predicted octanol–water partition coefficient (Wildman–Crippen LogP) is 0.659. The maximum atomic E-state index is 11.6. The number of aryl methyl sites for hydroxylation is 1. The Morgan fingerprint density at radius 3 is 2.95 bits per heavy atom. The summed E-state index contributed by atoms with van der Waals surface area (Å²) in [7, 11) is -3.82. The fraction of sp³-hybridized carbons (Fsp3) is 0.462. The van der Waals surface area contributed by atoms with Gasteiger partial charge in [-0.05, 0) is 25.0 Å². The van der Waals surface area contributed by atoms with Crippen LogP contribution in [0, 0.1) is 0 Å². The van der Waals surface area contributed by atoms with E-state index in [1.807, 2.05) is 0 Å². The van der Waals surface area contributed by atoms with Gasteiger partial charge in [0, 0.05) is 19.2 Å². The van der Waals surface area contributed by atoms with Crippen molar-refractivity contribution in [2.75, 3.05) is 5.32 Å². The highest BCUT2D eigenvalue weighted by atomic mass is 32.2. The Morgan fingerprint density at radius 2 is 2.14 bits per heavy atom. The van der Waals surface area contributed by atoms with Gasteiger partial charge in [0.1, 0.15) is 16.5 Å². The maximum Gasteiger partial charge on any atom is 0.241 e. The number of nitrogens with one attached hydrogen (secondary N) is 1. The molecule has 0 saturated carbocycles. The molecule has 0 unspecified atom stereocenters. The molecule has 0 spiro atoms. The minimum Gasteiger partial charge on any atom is -0.362 e. The molecule has 0 saturated heterocycles. The molecule has 2 aromatic heterocycles. The van der Waals surface area contributed by atoms with E-state index >= 15 is 0 Å². The number of sulfonamides is 1. The third kappa shape index (κ3) is 3.09. The van der Waals surface area contributed by atoms with Gasteiger partial charge in [0.05, 0.1) is 6.54 Å². The molecule has 0 aromatic carbocycles. The van der Waals surface area contributed by atoms with Crippen molar-refractivity contribution in [2.45, 2.75) is 43.7 Å². The van der Waals surface area contributed by atoms with Gasteiger partial charge in [0.2, 0.25) is 10.0 Å². The minimum atomic E-state index is -3.82. The lowest BCUT2D eigenvalue weighted by Crippen LogP contribution is -2.17. The summed E-state index contributed by atoms with van der Waals surface area (Å²) in [5, 5.41) is 16.6. The van der Waals surface area contributed by atoms with Gasteiger partial charge in [-0.2, -0.15) is 0 Å². The Kier molecular flexibility index (Phi) is 4.08. The van der Waals surface area contributed by atoms with Crippen LogP contribution < -0.4 is 10.5 Å². The van der Waals surface area contributed by atoms with Crippen LogP contribution in [0.2, 0.25) is 0 Å². The number of nitrogens with two attached hydrogens (primary N) is 1. The van der Waals surface area contributed by atoms with Crippen molar-refractivity contribution >= 4 is 15.8 Å². The molecular weight excluding hydrogens is 304 g/mol. The van der Waals surface area contributed by atoms with Crippen LogP contribution >= 0.6 is 0 Å². The van der Waals surface area contributed by atoms with Gasteiger partial charge in [-0.3, -0.25) is 0 Å². The Balaban J connectivity index is 1.81. The predicted molar refractivity (Wildman–Crippen MR) is 80.5 cm³/mol. The summed E-state index contributed by atoms with van der Waals surface area (Å²) < 4.78 is 25.2. The molecule has 1 aliphatic rings. The molecule has 0 aliphatic carbocycles. The first kappa shape index (κ1) is 14.9. The number of primary sulfonamides is 1. The monoisotopic (exact) mass is 322 g/mol. The van der Waals surface area contributed by atoms with Crippen LogP contribution in [0.4, 0.5) is 5.82 Å². The fourth-order valence-electron chi connectivity index (χ4n) is 2.59. The average Bonchev–Trinajstić information content (AvgIpc) is 2.71. The van der Waals surface area contributed by atoms with Crippen LogP contribution in [0.15, 0.2) is 23.2 Å². The molecule has 3 rings (SSSR count). The second-order valence-electron chi connectivity index (χ2n) is 5.24. The highest BCUT2D eigenvalue weighted by molar-refractivity contribution is 7.89. The fourth-order valence-corrected chi connectivity index (χ4v) is 3.25. The quantitative estimate of drug-likeness (QED) is 0.854. The Hall–Kier alpha value is -2.00. The van der Waals surface area contributed by atoms with Crippen molar-refractivity contribution in [3.63, 3.8) is 0 Å². The molecule has 22 heavy (non-hydrogen) atoms. The van der Waals surface area contributed by atoms with Crippen LogP contribution in [0.3, 0.4) is 0 Å². The van der Waals surface area contributed by atoms with Crippen molar-refractivity contribution in [2.24, 2.45) is 5.14 Å². The maximum absolute atomic E-state index is 11.6. The smallest absolute Gasteiger partial charge is 0.241 e. The molecule has 0 atom stereocenters. The number of hydrogen-bond donors (Lipinski definition) is 2. The van der Waals surface area contributed by atoms with Gasteiger partial charge in [-0.1, -0.05) is 6.42 Å². The average molecular weight is 322 g/mol. The summed E-state index contributed by atoms with van der Waals surface area (Å²) in [5.74, 6) is 2.00. The molecule has 0 radical (unpaired) electrons. The van der Waals surface area contributed by atoms with Crippen molar-refractivity contribution in [1.82, 2.24) is 19.7 Å². The van der Waals surface area contributed by atoms with Gasteiger partial charge < -0.3 is 9.88 Å². The van der Waals surface area contributed by atoms with E-state index in [0.717, 1.165) is 37.5 Å². The van der Waals surface area contributed by atoms with Crippen LogP contribution in [0.5, 0.6) is 0 Å². The minimum absolute atomic E-state index is 0.0226. The molecule has 0 bridgehead atoms. The first-order chi connectivity index (χ1) is 10.6. The standard InChI is InChI=1S/C13H18N6O2S/c14-22(20,21)10-5-4-7-15-13(10)16-9-12-18-17-11-6-2-1-3-8-19(11)12/h4-5,7H,1-3,6,8-9H2,(H,15,16)(H2,14,20,21). The number of hydrogen-bond acceptors (Lipinski definition) is 6. The van der Waals surface area contributed by atoms with Crippen LogP contribution in [-0.4, -0.2) is 28.2 Å². The van der Waals surface area contributed by atoms with Crippen LogP contribution in [-0.2, 0) is 29.5 Å². The molecule has 3 N–H and O–H groups in total. The normalized spacial score (nSPS) is 15.1. The molecule has 1 aliphatic heterocycles. The Bertz CT molecular complexity index is 771. The summed E-state index contributed by atoms with van der Waals surface area (Å²) in [4.78, 5) is 4.02. The van der Waals surface area contributed by atoms with Crippen LogP contribution in [0.25, 0.3) is 0 Å². The number of rotatable bonds is 4. The lowest BCUT2D eigenvalue weighted by Gasteiger charge is -2.10. The van der Waals surface area contributed by atoms with E-state index in [-0.39, 0.29) is 10.7 Å². The van der Waals surface area contributed by atoms with Gasteiger partial charge in [-0.25, -0.2) is 18.5 Å². The highest BCUT2D eigenvalue weighted by Gasteiger charge is 2.17. The molecule has 0 amide bonds. The Morgan fingerprint density at radius 1 is 1.27 bits per heavy atom. The summed E-state index contributed by atoms with van der Waals surface area (Å²) in [6.07, 6.45) is 5.86. The van der Waals surface area contributed by atoms with E-state index in [0.29, 0.717) is 6.54 Å². The van der Waals surface area contributed by atoms with Gasteiger partial charge >= 0.3 is 0 Å². The first-order valence-electron chi connectivity index (χ1n) is 7.18. The zero-order chi connectivity index (χ0) is 15.6. The van der Waals surface area contributed by atoms with Gasteiger partial charge in [0.25, 0.3) is 0 Å². The van der Waals surface area contributed by atoms with E-state index in [1.165, 1.54) is 24.8 Å². The molecule has 9 heteroatoms. The number of fused-ring (bicyclic) bond motifs is 1. The zero-order valence-electron chi connectivity index (χ0n) is 12.1. The number of anilines is 1. The highest BCUT2D eigenvalue weighted by Crippen LogP contribution is 2.18. The first-order valence-corrected chi connectivity index (χ1v) is 8.73. The third-order valence-corrected chi connectivity index (χ3v) is 4.62. The number of pyridine rings is 1. The SMILES string of the molecule is NS(=O)(=O)c1cccnc1NCc1nnc2n1CCCCC2. The molecule has 2 aromatic rings. The number of aromatic nitrogens is 4. The van der Waals surface area contributed by atoms with E-state index in [2.05, 4.69) is 25.1 Å². The molecular formula is C13H18N6O2S. The largest absolute Gasteiger partial charge is 0.362 e. The van der Waals surface area contributed by atoms with Crippen molar-refractivity contribution in [1.29, 1.82) is 0 Å².